The number of rotatable bonds is 10. The Bertz CT molecular complexity index is 1100. The summed E-state index contributed by atoms with van der Waals surface area (Å²) < 4.78 is 77.9. The van der Waals surface area contributed by atoms with Gasteiger partial charge in [-0.25, -0.2) is 0 Å². The number of benzene rings is 2. The van der Waals surface area contributed by atoms with Crippen molar-refractivity contribution in [1.82, 2.24) is 0 Å². The summed E-state index contributed by atoms with van der Waals surface area (Å²) in [6.45, 7) is 1.56. The molecule has 3 nitrogen and oxygen atoms in total. The quantitative estimate of drug-likeness (QED) is 0.271. The molecule has 9 heteroatoms. The van der Waals surface area contributed by atoms with Gasteiger partial charge in [0, 0.05) is 0 Å². The van der Waals surface area contributed by atoms with E-state index < -0.39 is 24.4 Å². The Hall–Kier alpha value is -2.36. The van der Waals surface area contributed by atoms with Crippen molar-refractivity contribution in [3.8, 4) is 0 Å². The first kappa shape index (κ1) is 31.2. The van der Waals surface area contributed by atoms with Gasteiger partial charge in [0.15, 0.2) is 5.92 Å². The van der Waals surface area contributed by atoms with Crippen LogP contribution in [0, 0.1) is 5.92 Å². The van der Waals surface area contributed by atoms with Crippen molar-refractivity contribution in [3.63, 3.8) is 0 Å². The summed E-state index contributed by atoms with van der Waals surface area (Å²) in [4.78, 5) is 0. The zero-order valence-electron chi connectivity index (χ0n) is 22.0. The molecule has 0 aromatic heterocycles. The Labute approximate surface area is 225 Å². The Balaban J connectivity index is 1.87. The standard InChI is InChI=1S/C30H36F6O3/c1-2-21-17-25(10-8-22(21)9-11-26(39)27(29(31,32)33)30(34,35)36)28(13-4-3-5-14-28)15-12-20-6-7-23(18-37)24(16-20)19-38/h6-11,16-17,26-27,37-39H,2-5,12-15,18-19H2,1H3/b11-9+. The molecule has 216 valence electrons. The average molecular weight is 559 g/mol. The molecule has 1 atom stereocenters. The third-order valence-corrected chi connectivity index (χ3v) is 7.97. The zero-order valence-corrected chi connectivity index (χ0v) is 22.0. The van der Waals surface area contributed by atoms with Crippen LogP contribution in [-0.4, -0.2) is 33.8 Å². The highest BCUT2D eigenvalue weighted by Gasteiger charge is 2.59. The predicted octanol–water partition coefficient (Wildman–Crippen LogP) is 7.18. The lowest BCUT2D eigenvalue weighted by Crippen LogP contribution is -2.44. The van der Waals surface area contributed by atoms with Crippen LogP contribution >= 0.6 is 0 Å². The van der Waals surface area contributed by atoms with Crippen LogP contribution in [0.1, 0.15) is 78.8 Å². The summed E-state index contributed by atoms with van der Waals surface area (Å²) in [7, 11) is 0. The molecule has 0 heterocycles. The largest absolute Gasteiger partial charge is 0.403 e. The van der Waals surface area contributed by atoms with E-state index in [1.165, 1.54) is 0 Å². The first-order valence-corrected chi connectivity index (χ1v) is 13.3. The van der Waals surface area contributed by atoms with Gasteiger partial charge in [0.1, 0.15) is 0 Å². The number of alkyl halides is 6. The summed E-state index contributed by atoms with van der Waals surface area (Å²) in [5.74, 6) is -3.85. The van der Waals surface area contributed by atoms with E-state index in [2.05, 4.69) is 0 Å². The van der Waals surface area contributed by atoms with Gasteiger partial charge in [0.05, 0.1) is 19.3 Å². The highest BCUT2D eigenvalue weighted by Crippen LogP contribution is 2.44. The van der Waals surface area contributed by atoms with Gasteiger partial charge in [0.2, 0.25) is 0 Å². The van der Waals surface area contributed by atoms with Gasteiger partial charge in [0.25, 0.3) is 0 Å². The highest BCUT2D eigenvalue weighted by molar-refractivity contribution is 5.56. The predicted molar refractivity (Wildman–Crippen MR) is 138 cm³/mol. The average Bonchev–Trinajstić information content (AvgIpc) is 2.89. The fourth-order valence-corrected chi connectivity index (χ4v) is 5.72. The van der Waals surface area contributed by atoms with Crippen LogP contribution in [0.4, 0.5) is 26.3 Å². The Kier molecular flexibility index (Phi) is 10.3. The third-order valence-electron chi connectivity index (χ3n) is 7.97. The second kappa shape index (κ2) is 12.9. The molecule has 1 saturated carbocycles. The number of hydrogen-bond donors (Lipinski definition) is 3. The van der Waals surface area contributed by atoms with Gasteiger partial charge in [-0.1, -0.05) is 74.7 Å². The molecule has 0 spiro atoms. The minimum absolute atomic E-state index is 0.128. The third kappa shape index (κ3) is 7.64. The lowest BCUT2D eigenvalue weighted by molar-refractivity contribution is -0.300. The topological polar surface area (TPSA) is 60.7 Å². The van der Waals surface area contributed by atoms with Crippen LogP contribution in [-0.2, 0) is 31.5 Å². The fraction of sp³-hybridized carbons (Fsp3) is 0.533. The number of hydrogen-bond acceptors (Lipinski definition) is 3. The molecule has 3 N–H and O–H groups in total. The zero-order chi connectivity index (χ0) is 28.8. The van der Waals surface area contributed by atoms with Crippen molar-refractivity contribution >= 4 is 6.08 Å². The summed E-state index contributed by atoms with van der Waals surface area (Å²) in [5, 5.41) is 28.9. The van der Waals surface area contributed by atoms with Crippen LogP contribution in [0.5, 0.6) is 0 Å². The molecule has 0 saturated heterocycles. The van der Waals surface area contributed by atoms with Crippen molar-refractivity contribution in [1.29, 1.82) is 0 Å². The monoisotopic (exact) mass is 558 g/mol. The van der Waals surface area contributed by atoms with Gasteiger partial charge in [-0.2, -0.15) is 26.3 Å². The van der Waals surface area contributed by atoms with E-state index in [0.717, 1.165) is 67.7 Å². The van der Waals surface area contributed by atoms with Crippen molar-refractivity contribution in [2.24, 2.45) is 5.92 Å². The first-order chi connectivity index (χ1) is 18.3. The summed E-state index contributed by atoms with van der Waals surface area (Å²) >= 11 is 0. The number of halogens is 6. The molecule has 0 radical (unpaired) electrons. The molecule has 1 aliphatic carbocycles. The molecule has 1 unspecified atom stereocenters. The maximum Gasteiger partial charge on any atom is 0.403 e. The van der Waals surface area contributed by atoms with E-state index in [4.69, 9.17) is 0 Å². The molecule has 3 rings (SSSR count). The normalized spacial score (nSPS) is 17.2. The van der Waals surface area contributed by atoms with Gasteiger partial charge in [-0.05, 0) is 70.9 Å². The molecule has 0 amide bonds. The van der Waals surface area contributed by atoms with E-state index >= 15 is 0 Å². The Morgan fingerprint density at radius 2 is 1.49 bits per heavy atom. The van der Waals surface area contributed by atoms with Crippen LogP contribution in [0.3, 0.4) is 0 Å². The van der Waals surface area contributed by atoms with Crippen molar-refractivity contribution in [3.05, 3.63) is 75.9 Å². The van der Waals surface area contributed by atoms with Gasteiger partial charge < -0.3 is 15.3 Å². The molecule has 2 aromatic rings. The van der Waals surface area contributed by atoms with E-state index in [-0.39, 0.29) is 18.6 Å². The van der Waals surface area contributed by atoms with Crippen LogP contribution in [0.15, 0.2) is 42.5 Å². The molecule has 39 heavy (non-hydrogen) atoms. The maximum absolute atomic E-state index is 13.0. The lowest BCUT2D eigenvalue weighted by atomic mass is 9.66. The molecule has 1 fully saturated rings. The van der Waals surface area contributed by atoms with E-state index in [9.17, 15) is 41.7 Å². The van der Waals surface area contributed by atoms with E-state index in [1.807, 2.05) is 37.3 Å². The smallest absolute Gasteiger partial charge is 0.392 e. The minimum Gasteiger partial charge on any atom is -0.392 e. The first-order valence-electron chi connectivity index (χ1n) is 13.3. The molecule has 2 aromatic carbocycles. The van der Waals surface area contributed by atoms with Gasteiger partial charge in [-0.15, -0.1) is 0 Å². The summed E-state index contributed by atoms with van der Waals surface area (Å²) in [5.41, 5.74) is 4.65. The molecular weight excluding hydrogens is 522 g/mol. The maximum atomic E-state index is 13.0. The van der Waals surface area contributed by atoms with E-state index in [1.54, 1.807) is 6.07 Å². The molecule has 0 bridgehead atoms. The lowest BCUT2D eigenvalue weighted by Gasteiger charge is -2.39. The fourth-order valence-electron chi connectivity index (χ4n) is 5.72. The number of aliphatic hydroxyl groups is 3. The van der Waals surface area contributed by atoms with Crippen LogP contribution in [0.2, 0.25) is 0 Å². The highest BCUT2D eigenvalue weighted by atomic mass is 19.4. The van der Waals surface area contributed by atoms with Gasteiger partial charge >= 0.3 is 12.4 Å². The van der Waals surface area contributed by atoms with Crippen LogP contribution < -0.4 is 0 Å². The van der Waals surface area contributed by atoms with E-state index in [0.29, 0.717) is 29.2 Å². The Morgan fingerprint density at radius 3 is 2.05 bits per heavy atom. The number of aryl methyl sites for hydroxylation is 2. The number of aliphatic hydroxyl groups excluding tert-OH is 3. The molecule has 0 aliphatic heterocycles. The summed E-state index contributed by atoms with van der Waals surface area (Å²) in [6.07, 6.45) is -5.01. The SMILES string of the molecule is CCc1cc(C2(CCc3ccc(CO)c(CO)c3)CCCCC2)ccc1/C=C/C(O)C(C(F)(F)F)C(F)(F)F. The van der Waals surface area contributed by atoms with Gasteiger partial charge in [-0.3, -0.25) is 0 Å². The Morgan fingerprint density at radius 1 is 0.846 bits per heavy atom. The second-order valence-corrected chi connectivity index (χ2v) is 10.4. The van der Waals surface area contributed by atoms with Crippen LogP contribution in [0.25, 0.3) is 6.08 Å². The molecule has 1 aliphatic rings. The second-order valence-electron chi connectivity index (χ2n) is 10.4. The van der Waals surface area contributed by atoms with Crippen molar-refractivity contribution < 1.29 is 41.7 Å². The minimum atomic E-state index is -5.62. The molecular formula is C30H36F6O3. The van der Waals surface area contributed by atoms with Crippen molar-refractivity contribution in [2.75, 3.05) is 0 Å². The van der Waals surface area contributed by atoms with Crippen molar-refractivity contribution in [2.45, 2.75) is 95.4 Å². The summed E-state index contributed by atoms with van der Waals surface area (Å²) in [6, 6.07) is 11.3.